The molecule has 9 heteroatoms. The van der Waals surface area contributed by atoms with Crippen LogP contribution in [0.2, 0.25) is 0 Å². The Bertz CT molecular complexity index is 1150. The van der Waals surface area contributed by atoms with Crippen LogP contribution in [0, 0.1) is 20.8 Å². The van der Waals surface area contributed by atoms with E-state index in [1.54, 1.807) is 13.0 Å². The second-order valence-electron chi connectivity index (χ2n) is 6.97. The summed E-state index contributed by atoms with van der Waals surface area (Å²) in [5.74, 6) is -0.600. The molecule has 2 aromatic heterocycles. The summed E-state index contributed by atoms with van der Waals surface area (Å²) < 4.78 is 21.0. The number of nitrogens with one attached hydrogen (secondary N) is 1. The lowest BCUT2D eigenvalue weighted by atomic mass is 10.1. The first-order valence-corrected chi connectivity index (χ1v) is 10.5. The van der Waals surface area contributed by atoms with E-state index in [0.717, 1.165) is 28.2 Å². The number of amides is 1. The van der Waals surface area contributed by atoms with Crippen LogP contribution >= 0.6 is 11.3 Å². The van der Waals surface area contributed by atoms with E-state index in [-0.39, 0.29) is 27.8 Å². The maximum Gasteiger partial charge on any atom is 0.348 e. The highest BCUT2D eigenvalue weighted by Crippen LogP contribution is 2.34. The highest BCUT2D eigenvalue weighted by Gasteiger charge is 2.27. The molecule has 168 valence electrons. The van der Waals surface area contributed by atoms with Gasteiger partial charge >= 0.3 is 11.9 Å². The topological polar surface area (TPSA) is 104 Å². The molecule has 3 rings (SSSR count). The van der Waals surface area contributed by atoms with Crippen molar-refractivity contribution in [3.8, 4) is 5.75 Å². The van der Waals surface area contributed by atoms with Crippen molar-refractivity contribution in [3.05, 3.63) is 69.0 Å². The van der Waals surface area contributed by atoms with E-state index < -0.39 is 17.8 Å². The first-order chi connectivity index (χ1) is 15.3. The number of hydrogen-bond acceptors (Lipinski definition) is 8. The van der Waals surface area contributed by atoms with Crippen molar-refractivity contribution in [1.82, 2.24) is 0 Å². The smallest absolute Gasteiger partial charge is 0.348 e. The third-order valence-corrected chi connectivity index (χ3v) is 5.97. The first-order valence-electron chi connectivity index (χ1n) is 9.65. The molecule has 0 bridgehead atoms. The molecule has 1 N–H and O–H groups in total. The van der Waals surface area contributed by atoms with Gasteiger partial charge in [0.05, 0.1) is 19.8 Å². The van der Waals surface area contributed by atoms with Crippen LogP contribution in [0.3, 0.4) is 0 Å². The molecule has 0 fully saturated rings. The number of furan rings is 1. The van der Waals surface area contributed by atoms with Crippen molar-refractivity contribution < 1.29 is 33.0 Å². The first kappa shape index (κ1) is 23.1. The van der Waals surface area contributed by atoms with Gasteiger partial charge in [0.1, 0.15) is 28.0 Å². The normalized spacial score (nSPS) is 10.5. The van der Waals surface area contributed by atoms with Crippen molar-refractivity contribution >= 4 is 34.2 Å². The fourth-order valence-electron chi connectivity index (χ4n) is 3.15. The van der Waals surface area contributed by atoms with Gasteiger partial charge in [0.15, 0.2) is 5.76 Å². The fraction of sp³-hybridized carbons (Fsp3) is 0.261. The number of carbonyl (C=O) groups excluding carboxylic acids is 3. The summed E-state index contributed by atoms with van der Waals surface area (Å²) in [6.07, 6.45) is 0. The van der Waals surface area contributed by atoms with E-state index in [1.807, 2.05) is 32.0 Å². The molecule has 0 unspecified atom stereocenters. The number of hydrogen-bond donors (Lipinski definition) is 1. The number of rotatable bonds is 7. The summed E-state index contributed by atoms with van der Waals surface area (Å²) in [7, 11) is 2.46. The van der Waals surface area contributed by atoms with Crippen LogP contribution in [0.15, 0.2) is 34.7 Å². The van der Waals surface area contributed by atoms with Gasteiger partial charge in [0, 0.05) is 0 Å². The van der Waals surface area contributed by atoms with Gasteiger partial charge < -0.3 is 23.9 Å². The Kier molecular flexibility index (Phi) is 6.99. The summed E-state index contributed by atoms with van der Waals surface area (Å²) in [5, 5.41) is 2.79. The molecule has 1 aromatic carbocycles. The molecule has 3 aromatic rings. The van der Waals surface area contributed by atoms with Gasteiger partial charge in [0.25, 0.3) is 5.91 Å². The van der Waals surface area contributed by atoms with Gasteiger partial charge in [-0.05, 0) is 49.6 Å². The standard InChI is InChI=1S/C23H23NO7S/c1-12-7-6-8-13(2)18(12)30-11-15-9-10-16(31-15)20(25)24-21-17(22(26)28-4)14(3)19(32-21)23(27)29-5/h6-10H,11H2,1-5H3,(H,24,25). The molecule has 2 heterocycles. The number of anilines is 1. The monoisotopic (exact) mass is 457 g/mol. The maximum atomic E-state index is 12.7. The van der Waals surface area contributed by atoms with Crippen LogP contribution in [-0.2, 0) is 16.1 Å². The molecule has 0 aliphatic rings. The minimum absolute atomic E-state index is 0.0339. The molecule has 32 heavy (non-hydrogen) atoms. The minimum atomic E-state index is -0.675. The lowest BCUT2D eigenvalue weighted by molar-refractivity contribution is 0.0601. The number of para-hydroxylation sites is 1. The van der Waals surface area contributed by atoms with Crippen molar-refractivity contribution in [2.45, 2.75) is 27.4 Å². The summed E-state index contributed by atoms with van der Waals surface area (Å²) in [5.41, 5.74) is 2.46. The molecule has 0 radical (unpaired) electrons. The molecule has 0 saturated heterocycles. The van der Waals surface area contributed by atoms with E-state index in [9.17, 15) is 14.4 Å². The Morgan fingerprint density at radius 2 is 1.62 bits per heavy atom. The van der Waals surface area contributed by atoms with Crippen LogP contribution in [0.5, 0.6) is 5.75 Å². The Hall–Kier alpha value is -3.59. The molecule has 1 amide bonds. The average molecular weight is 458 g/mol. The number of thiophene rings is 1. The van der Waals surface area contributed by atoms with Crippen LogP contribution in [-0.4, -0.2) is 32.1 Å². The van der Waals surface area contributed by atoms with E-state index in [1.165, 1.54) is 20.3 Å². The average Bonchev–Trinajstić information content (AvgIpc) is 3.37. The third kappa shape index (κ3) is 4.67. The van der Waals surface area contributed by atoms with Crippen molar-refractivity contribution in [3.63, 3.8) is 0 Å². The quantitative estimate of drug-likeness (QED) is 0.514. The van der Waals surface area contributed by atoms with Gasteiger partial charge in [-0.3, -0.25) is 4.79 Å². The van der Waals surface area contributed by atoms with Crippen molar-refractivity contribution in [1.29, 1.82) is 0 Å². The fourth-order valence-corrected chi connectivity index (χ4v) is 4.26. The largest absolute Gasteiger partial charge is 0.485 e. The highest BCUT2D eigenvalue weighted by molar-refractivity contribution is 7.18. The molecule has 8 nitrogen and oxygen atoms in total. The summed E-state index contributed by atoms with van der Waals surface area (Å²) >= 11 is 0.929. The second kappa shape index (κ2) is 9.69. The Morgan fingerprint density at radius 3 is 2.25 bits per heavy atom. The Labute approximate surface area is 189 Å². The van der Waals surface area contributed by atoms with Crippen LogP contribution in [0.4, 0.5) is 5.00 Å². The molecule has 0 atom stereocenters. The zero-order chi connectivity index (χ0) is 23.4. The van der Waals surface area contributed by atoms with E-state index >= 15 is 0 Å². The summed E-state index contributed by atoms with van der Waals surface area (Å²) in [6.45, 7) is 5.64. The zero-order valence-electron chi connectivity index (χ0n) is 18.4. The van der Waals surface area contributed by atoms with Gasteiger partial charge in [-0.2, -0.15) is 0 Å². The Balaban J connectivity index is 1.78. The maximum absolute atomic E-state index is 12.7. The lowest BCUT2D eigenvalue weighted by Gasteiger charge is -2.10. The second-order valence-corrected chi connectivity index (χ2v) is 7.99. The van der Waals surface area contributed by atoms with Crippen LogP contribution < -0.4 is 10.1 Å². The number of esters is 2. The zero-order valence-corrected chi connectivity index (χ0v) is 19.2. The van der Waals surface area contributed by atoms with E-state index in [4.69, 9.17) is 18.6 Å². The number of ether oxygens (including phenoxy) is 3. The number of methoxy groups -OCH3 is 2. The summed E-state index contributed by atoms with van der Waals surface area (Å²) in [4.78, 5) is 37.1. The predicted molar refractivity (Wildman–Crippen MR) is 119 cm³/mol. The van der Waals surface area contributed by atoms with Crippen LogP contribution in [0.1, 0.15) is 53.0 Å². The van der Waals surface area contributed by atoms with E-state index in [0.29, 0.717) is 11.3 Å². The van der Waals surface area contributed by atoms with Crippen molar-refractivity contribution in [2.75, 3.05) is 19.5 Å². The van der Waals surface area contributed by atoms with Gasteiger partial charge in [-0.15, -0.1) is 11.3 Å². The number of aryl methyl sites for hydroxylation is 2. The van der Waals surface area contributed by atoms with Crippen LogP contribution in [0.25, 0.3) is 0 Å². The molecule has 0 saturated carbocycles. The number of benzene rings is 1. The van der Waals surface area contributed by atoms with Gasteiger partial charge in [-0.1, -0.05) is 18.2 Å². The molecule has 0 aliphatic heterocycles. The molecular formula is C23H23NO7S. The Morgan fingerprint density at radius 1 is 0.969 bits per heavy atom. The highest BCUT2D eigenvalue weighted by atomic mass is 32.1. The van der Waals surface area contributed by atoms with Gasteiger partial charge in [-0.25, -0.2) is 9.59 Å². The molecule has 0 spiro atoms. The number of carbonyl (C=O) groups is 3. The van der Waals surface area contributed by atoms with Gasteiger partial charge in [0.2, 0.25) is 0 Å². The third-order valence-electron chi connectivity index (χ3n) is 4.79. The minimum Gasteiger partial charge on any atom is -0.485 e. The summed E-state index contributed by atoms with van der Waals surface area (Å²) in [6, 6.07) is 9.01. The lowest BCUT2D eigenvalue weighted by Crippen LogP contribution is -2.13. The van der Waals surface area contributed by atoms with Crippen molar-refractivity contribution in [2.24, 2.45) is 0 Å². The molecule has 0 aliphatic carbocycles. The molecular weight excluding hydrogens is 434 g/mol. The SMILES string of the molecule is COC(=O)c1sc(NC(=O)c2ccc(COc3c(C)cccc3C)o2)c(C(=O)OC)c1C. The van der Waals surface area contributed by atoms with E-state index in [2.05, 4.69) is 5.32 Å². The predicted octanol–water partition coefficient (Wildman–Crippen LogP) is 4.67.